The van der Waals surface area contributed by atoms with Crippen LogP contribution in [0.4, 0.5) is 0 Å². The number of carbonyl (C=O) groups is 1. The van der Waals surface area contributed by atoms with E-state index in [0.717, 1.165) is 73.6 Å². The maximum Gasteiger partial charge on any atom is 0.303 e. The van der Waals surface area contributed by atoms with Crippen LogP contribution in [0.25, 0.3) is 6.08 Å². The fourth-order valence-corrected chi connectivity index (χ4v) is 8.74. The molecule has 48 heavy (non-hydrogen) atoms. The molecule has 5 nitrogen and oxygen atoms in total. The van der Waals surface area contributed by atoms with Crippen molar-refractivity contribution in [3.8, 4) is 0 Å². The first-order chi connectivity index (χ1) is 23.0. The number of ether oxygens (including phenoxy) is 2. The summed E-state index contributed by atoms with van der Waals surface area (Å²) in [5.74, 6) is 0.155. The van der Waals surface area contributed by atoms with Crippen LogP contribution in [0.2, 0.25) is 0 Å². The zero-order chi connectivity index (χ0) is 33.8. The Bertz CT molecular complexity index is 1630. The van der Waals surface area contributed by atoms with Crippen molar-refractivity contribution in [1.29, 1.82) is 0 Å². The Balaban J connectivity index is 1.20. The average molecular weight is 686 g/mol. The molecule has 0 amide bonds. The van der Waals surface area contributed by atoms with E-state index in [4.69, 9.17) is 26.1 Å². The van der Waals surface area contributed by atoms with Crippen LogP contribution >= 0.6 is 23.4 Å². The number of aryl methyl sites for hydroxylation is 1. The summed E-state index contributed by atoms with van der Waals surface area (Å²) in [4.78, 5) is 16.6. The maximum atomic E-state index is 11.6. The summed E-state index contributed by atoms with van der Waals surface area (Å²) >= 11 is 8.22. The standard InChI is InChI=1S/C41H48ClNO4S/c1-39(2,47-38-13-6-7-24-46-38)34-12-5-4-10-30(34)15-17-35(48-28-41(22-23-41)27-37(44)45)31-11-8-9-29(25-31)14-16-33-19-21-40(3)20-18-32(42)26-36(40)43-33/h4-5,8-12,14,16,18-21,25-26,35-36,38H,6-7,13,15,17,22-24,27-28H2,1-3H3,(H,44,45)/b16-14+. The second-order valence-corrected chi connectivity index (χ2v) is 16.2. The van der Waals surface area contributed by atoms with Crippen molar-refractivity contribution < 1.29 is 19.4 Å². The van der Waals surface area contributed by atoms with Crippen LogP contribution in [-0.4, -0.2) is 41.5 Å². The van der Waals surface area contributed by atoms with Crippen molar-refractivity contribution in [1.82, 2.24) is 0 Å². The third-order valence-corrected chi connectivity index (χ3v) is 12.1. The van der Waals surface area contributed by atoms with E-state index < -0.39 is 11.6 Å². The van der Waals surface area contributed by atoms with Gasteiger partial charge in [0.05, 0.1) is 23.8 Å². The summed E-state index contributed by atoms with van der Waals surface area (Å²) in [5, 5.41) is 10.5. The minimum Gasteiger partial charge on any atom is -0.481 e. The molecule has 7 heteroatoms. The first-order valence-electron chi connectivity index (χ1n) is 17.4. The van der Waals surface area contributed by atoms with Gasteiger partial charge < -0.3 is 14.6 Å². The summed E-state index contributed by atoms with van der Waals surface area (Å²) < 4.78 is 12.5. The smallest absolute Gasteiger partial charge is 0.303 e. The molecule has 4 aliphatic rings. The Morgan fingerprint density at radius 2 is 1.96 bits per heavy atom. The molecule has 1 saturated carbocycles. The first kappa shape index (κ1) is 34.9. The number of benzene rings is 2. The molecule has 2 aromatic rings. The maximum absolute atomic E-state index is 11.6. The number of carboxylic acid groups (broad SMARTS) is 1. The van der Waals surface area contributed by atoms with Crippen molar-refractivity contribution >= 4 is 41.1 Å². The van der Waals surface area contributed by atoms with Gasteiger partial charge in [0.1, 0.15) is 0 Å². The van der Waals surface area contributed by atoms with Crippen LogP contribution in [0, 0.1) is 10.8 Å². The number of hydrogen-bond donors (Lipinski definition) is 1. The van der Waals surface area contributed by atoms with Crippen LogP contribution in [0.3, 0.4) is 0 Å². The molecule has 0 bridgehead atoms. The summed E-state index contributed by atoms with van der Waals surface area (Å²) in [7, 11) is 0. The Labute approximate surface area is 295 Å². The van der Waals surface area contributed by atoms with E-state index in [-0.39, 0.29) is 34.8 Å². The number of carboxylic acids is 1. The van der Waals surface area contributed by atoms with Crippen LogP contribution in [-0.2, 0) is 26.3 Å². The summed E-state index contributed by atoms with van der Waals surface area (Å²) in [5.41, 5.74) is 5.09. The van der Waals surface area contributed by atoms with Gasteiger partial charge in [0.2, 0.25) is 0 Å². The van der Waals surface area contributed by atoms with Gasteiger partial charge in [0, 0.05) is 28.1 Å². The monoisotopic (exact) mass is 685 g/mol. The molecule has 0 aromatic heterocycles. The summed E-state index contributed by atoms with van der Waals surface area (Å²) in [6.45, 7) is 7.23. The highest BCUT2D eigenvalue weighted by atomic mass is 35.5. The molecule has 4 unspecified atom stereocenters. The number of aliphatic imine (C=N–C) groups is 1. The van der Waals surface area contributed by atoms with Gasteiger partial charge in [-0.15, -0.1) is 0 Å². The van der Waals surface area contributed by atoms with Crippen molar-refractivity contribution in [3.05, 3.63) is 112 Å². The second kappa shape index (κ2) is 14.9. The molecular formula is C41H48ClNO4S. The zero-order valence-electron chi connectivity index (χ0n) is 28.4. The molecule has 254 valence electrons. The SMILES string of the molecule is CC(C)(OC1CCCCO1)c1ccccc1CCC(SCC1(CC(=O)O)CC1)c1cccc(/C=C/C2=NC3C=C(Cl)C=CC3(C)C=C2)c1. The topological polar surface area (TPSA) is 68.1 Å². The molecular weight excluding hydrogens is 638 g/mol. The number of nitrogens with zero attached hydrogens (tertiary/aromatic N) is 1. The van der Waals surface area contributed by atoms with Gasteiger partial charge >= 0.3 is 5.97 Å². The predicted octanol–water partition coefficient (Wildman–Crippen LogP) is 10.2. The molecule has 2 aliphatic heterocycles. The minimum atomic E-state index is -0.697. The molecule has 2 aliphatic carbocycles. The van der Waals surface area contributed by atoms with Gasteiger partial charge in [-0.05, 0) is 111 Å². The Hall–Kier alpha value is -2.90. The van der Waals surface area contributed by atoms with E-state index in [9.17, 15) is 9.90 Å². The van der Waals surface area contributed by atoms with Crippen molar-refractivity contribution in [2.24, 2.45) is 15.8 Å². The number of thioether (sulfide) groups is 1. The molecule has 2 fully saturated rings. The second-order valence-electron chi connectivity index (χ2n) is 14.6. The molecule has 6 rings (SSSR count). The first-order valence-corrected chi connectivity index (χ1v) is 18.8. The molecule has 1 saturated heterocycles. The minimum absolute atomic E-state index is 0.0132. The largest absolute Gasteiger partial charge is 0.481 e. The fraction of sp³-hybridized carbons (Fsp3) is 0.463. The van der Waals surface area contributed by atoms with Crippen LogP contribution in [0.15, 0.2) is 95.0 Å². The Morgan fingerprint density at radius 1 is 1.15 bits per heavy atom. The van der Waals surface area contributed by atoms with E-state index in [1.807, 2.05) is 23.9 Å². The van der Waals surface area contributed by atoms with Gasteiger partial charge in [0.15, 0.2) is 6.29 Å². The van der Waals surface area contributed by atoms with Gasteiger partial charge in [-0.3, -0.25) is 9.79 Å². The van der Waals surface area contributed by atoms with Crippen molar-refractivity contribution in [2.75, 3.05) is 12.4 Å². The highest BCUT2D eigenvalue weighted by molar-refractivity contribution is 7.99. The lowest BCUT2D eigenvalue weighted by Crippen LogP contribution is -2.33. The van der Waals surface area contributed by atoms with E-state index in [1.54, 1.807) is 0 Å². The summed E-state index contributed by atoms with van der Waals surface area (Å²) in [6.07, 6.45) is 21.7. The van der Waals surface area contributed by atoms with E-state index in [1.165, 1.54) is 16.7 Å². The molecule has 0 spiro atoms. The van der Waals surface area contributed by atoms with Crippen LogP contribution in [0.1, 0.15) is 93.2 Å². The van der Waals surface area contributed by atoms with Gasteiger partial charge in [-0.1, -0.05) is 85.3 Å². The van der Waals surface area contributed by atoms with Crippen LogP contribution in [0.5, 0.6) is 0 Å². The number of dihydropyridines is 1. The molecule has 1 N–H and O–H groups in total. The van der Waals surface area contributed by atoms with Crippen LogP contribution < -0.4 is 0 Å². The lowest BCUT2D eigenvalue weighted by Gasteiger charge is -2.34. The third-order valence-electron chi connectivity index (χ3n) is 10.2. The van der Waals surface area contributed by atoms with E-state index >= 15 is 0 Å². The predicted molar refractivity (Wildman–Crippen MR) is 199 cm³/mol. The number of rotatable bonds is 14. The van der Waals surface area contributed by atoms with Crippen molar-refractivity contribution in [3.63, 3.8) is 0 Å². The normalized spacial score (nSPS) is 25.3. The molecule has 2 aromatic carbocycles. The number of allylic oxidation sites excluding steroid dienone is 4. The quantitative estimate of drug-likeness (QED) is 0.214. The lowest BCUT2D eigenvalue weighted by molar-refractivity contribution is -0.219. The van der Waals surface area contributed by atoms with Gasteiger partial charge in [-0.25, -0.2) is 0 Å². The fourth-order valence-electron chi connectivity index (χ4n) is 6.99. The zero-order valence-corrected chi connectivity index (χ0v) is 29.9. The van der Waals surface area contributed by atoms with Gasteiger partial charge in [-0.2, -0.15) is 11.8 Å². The van der Waals surface area contributed by atoms with Crippen molar-refractivity contribution in [2.45, 2.75) is 95.3 Å². The molecule has 4 atom stereocenters. The van der Waals surface area contributed by atoms with E-state index in [0.29, 0.717) is 0 Å². The number of hydrogen-bond acceptors (Lipinski definition) is 5. The lowest BCUT2D eigenvalue weighted by atomic mass is 9.77. The Morgan fingerprint density at radius 3 is 2.73 bits per heavy atom. The van der Waals surface area contributed by atoms with Gasteiger partial charge in [0.25, 0.3) is 0 Å². The number of aliphatic carboxylic acids is 1. The number of fused-ring (bicyclic) bond motifs is 1. The number of halogens is 1. The summed E-state index contributed by atoms with van der Waals surface area (Å²) in [6, 6.07) is 17.4. The highest BCUT2D eigenvalue weighted by Crippen LogP contribution is 2.53. The average Bonchev–Trinajstić information content (AvgIpc) is 3.83. The van der Waals surface area contributed by atoms with E-state index in [2.05, 4.69) is 99.7 Å². The Kier molecular flexibility index (Phi) is 10.9. The highest BCUT2D eigenvalue weighted by Gasteiger charge is 2.44. The molecule has 2 heterocycles. The third kappa shape index (κ3) is 8.81. The molecule has 0 radical (unpaired) electrons.